The van der Waals surface area contributed by atoms with Gasteiger partial charge in [0.25, 0.3) is 0 Å². The normalized spacial score (nSPS) is 10.6. The first-order valence-corrected chi connectivity index (χ1v) is 8.82. The zero-order valence-corrected chi connectivity index (χ0v) is 15.8. The Bertz CT molecular complexity index is 1370. The molecule has 7 heteroatoms. The number of nitrogens with two attached hydrogens (primary N) is 1. The summed E-state index contributed by atoms with van der Waals surface area (Å²) >= 11 is 0. The smallest absolute Gasteiger partial charge is 0.141 e. The lowest BCUT2D eigenvalue weighted by atomic mass is 9.92. The topological polar surface area (TPSA) is 135 Å². The van der Waals surface area contributed by atoms with Crippen molar-refractivity contribution in [1.82, 2.24) is 15.0 Å². The first-order valence-electron chi connectivity index (χ1n) is 8.82. The molecule has 0 spiro atoms. The number of phenols is 1. The Labute approximate surface area is 166 Å². The molecular formula is C22H16N6O. The number of fused-ring (bicyclic) bond motifs is 1. The third-order valence-corrected chi connectivity index (χ3v) is 5.03. The van der Waals surface area contributed by atoms with Crippen LogP contribution in [0.2, 0.25) is 0 Å². The van der Waals surface area contributed by atoms with Crippen LogP contribution in [0.15, 0.2) is 36.7 Å². The van der Waals surface area contributed by atoms with Crippen molar-refractivity contribution in [3.63, 3.8) is 0 Å². The van der Waals surface area contributed by atoms with E-state index in [2.05, 4.69) is 21.0 Å². The second-order valence-corrected chi connectivity index (χ2v) is 6.77. The molecule has 0 atom stereocenters. The molecule has 1 aromatic carbocycles. The third-order valence-electron chi connectivity index (χ3n) is 5.03. The largest absolute Gasteiger partial charge is 0.508 e. The first-order chi connectivity index (χ1) is 13.9. The number of nitriles is 2. The fourth-order valence-corrected chi connectivity index (χ4v) is 3.50. The number of hydrogen-bond donors (Lipinski definition) is 3. The van der Waals surface area contributed by atoms with Crippen molar-refractivity contribution in [3.8, 4) is 40.3 Å². The van der Waals surface area contributed by atoms with Gasteiger partial charge in [0.2, 0.25) is 0 Å². The lowest BCUT2D eigenvalue weighted by Crippen LogP contribution is -1.94. The summed E-state index contributed by atoms with van der Waals surface area (Å²) in [6.07, 6.45) is 3.20. The van der Waals surface area contributed by atoms with Crippen LogP contribution < -0.4 is 5.73 Å². The van der Waals surface area contributed by atoms with Crippen LogP contribution in [0.4, 0.5) is 5.82 Å². The van der Waals surface area contributed by atoms with Crippen molar-refractivity contribution in [2.45, 2.75) is 13.8 Å². The molecule has 0 saturated heterocycles. The molecule has 4 aromatic rings. The van der Waals surface area contributed by atoms with Gasteiger partial charge in [0.1, 0.15) is 29.4 Å². The number of rotatable bonds is 2. The first kappa shape index (κ1) is 18.0. The molecular weight excluding hydrogens is 364 g/mol. The number of aryl methyl sites for hydroxylation is 1. The predicted octanol–water partition coefficient (Wildman–Crippen LogP) is 3.94. The minimum Gasteiger partial charge on any atom is -0.508 e. The molecule has 0 aliphatic heterocycles. The molecule has 0 saturated carbocycles. The van der Waals surface area contributed by atoms with Crippen molar-refractivity contribution in [1.29, 1.82) is 10.5 Å². The average molecular weight is 380 g/mol. The molecule has 4 rings (SSSR count). The minimum atomic E-state index is 0.167. The summed E-state index contributed by atoms with van der Waals surface area (Å²) in [6.45, 7) is 3.74. The second kappa shape index (κ2) is 6.66. The highest BCUT2D eigenvalue weighted by atomic mass is 16.3. The summed E-state index contributed by atoms with van der Waals surface area (Å²) < 4.78 is 0. The van der Waals surface area contributed by atoms with Gasteiger partial charge < -0.3 is 15.8 Å². The number of hydrogen-bond acceptors (Lipinski definition) is 6. The second-order valence-electron chi connectivity index (χ2n) is 6.77. The number of nitrogens with one attached hydrogen (secondary N) is 1. The van der Waals surface area contributed by atoms with Crippen molar-refractivity contribution in [3.05, 3.63) is 58.9 Å². The van der Waals surface area contributed by atoms with Gasteiger partial charge in [-0.15, -0.1) is 0 Å². The lowest BCUT2D eigenvalue weighted by Gasteiger charge is -2.13. The molecule has 4 N–H and O–H groups in total. The van der Waals surface area contributed by atoms with Gasteiger partial charge in [0.15, 0.2) is 0 Å². The van der Waals surface area contributed by atoms with E-state index in [0.717, 1.165) is 11.1 Å². The molecule has 3 aromatic heterocycles. The maximum Gasteiger partial charge on any atom is 0.141 e. The number of phenolic OH excluding ortho intramolecular Hbond substituents is 1. The van der Waals surface area contributed by atoms with Gasteiger partial charge in [0, 0.05) is 34.6 Å². The summed E-state index contributed by atoms with van der Waals surface area (Å²) in [4.78, 5) is 11.7. The maximum atomic E-state index is 10.1. The Morgan fingerprint density at radius 3 is 2.59 bits per heavy atom. The van der Waals surface area contributed by atoms with Crippen molar-refractivity contribution >= 4 is 16.9 Å². The molecule has 7 nitrogen and oxygen atoms in total. The van der Waals surface area contributed by atoms with Crippen LogP contribution in [0.3, 0.4) is 0 Å². The quantitative estimate of drug-likeness (QED) is 0.482. The number of nitrogens with zero attached hydrogens (tertiary/aromatic N) is 4. The third kappa shape index (κ3) is 2.82. The van der Waals surface area contributed by atoms with Crippen LogP contribution in [0.5, 0.6) is 5.75 Å². The number of benzene rings is 1. The highest BCUT2D eigenvalue weighted by molar-refractivity contribution is 5.94. The Kier molecular flexibility index (Phi) is 4.14. The zero-order valence-electron chi connectivity index (χ0n) is 15.8. The van der Waals surface area contributed by atoms with Crippen LogP contribution in [0, 0.1) is 36.5 Å². The van der Waals surface area contributed by atoms with Crippen LogP contribution in [0.1, 0.15) is 22.3 Å². The predicted molar refractivity (Wildman–Crippen MR) is 110 cm³/mol. The molecule has 140 valence electrons. The van der Waals surface area contributed by atoms with E-state index in [0.29, 0.717) is 39.0 Å². The summed E-state index contributed by atoms with van der Waals surface area (Å²) in [6, 6.07) is 11.2. The standard InChI is InChI=1S/C22H16N6O/c1-11-3-4-19(29)12(2)20(11)17-10-27-22-15(16(17)8-24)6-18(28-22)14-5-13(7-23)21(25)26-9-14/h3-6,9-10,29H,1-2H3,(H2,25,26)(H,27,28). The van der Waals surface area contributed by atoms with Gasteiger partial charge >= 0.3 is 0 Å². The van der Waals surface area contributed by atoms with E-state index in [1.807, 2.05) is 32.0 Å². The number of aromatic hydroxyl groups is 1. The zero-order chi connectivity index (χ0) is 20.7. The number of aromatic nitrogens is 3. The Hall–Kier alpha value is -4.36. The highest BCUT2D eigenvalue weighted by Gasteiger charge is 2.18. The summed E-state index contributed by atoms with van der Waals surface area (Å²) in [5.41, 5.74) is 11.4. The molecule has 0 fully saturated rings. The Morgan fingerprint density at radius 2 is 1.86 bits per heavy atom. The molecule has 0 unspecified atom stereocenters. The van der Waals surface area contributed by atoms with Gasteiger partial charge in [-0.1, -0.05) is 6.07 Å². The van der Waals surface area contributed by atoms with E-state index in [1.54, 1.807) is 24.5 Å². The van der Waals surface area contributed by atoms with E-state index in [-0.39, 0.29) is 17.1 Å². The van der Waals surface area contributed by atoms with E-state index < -0.39 is 0 Å². The van der Waals surface area contributed by atoms with E-state index in [4.69, 9.17) is 5.73 Å². The highest BCUT2D eigenvalue weighted by Crippen LogP contribution is 2.37. The monoisotopic (exact) mass is 380 g/mol. The lowest BCUT2D eigenvalue weighted by molar-refractivity contribution is 0.471. The summed E-state index contributed by atoms with van der Waals surface area (Å²) in [5.74, 6) is 0.335. The molecule has 29 heavy (non-hydrogen) atoms. The van der Waals surface area contributed by atoms with Gasteiger partial charge in [-0.05, 0) is 48.7 Å². The number of nitrogen functional groups attached to an aromatic ring is 1. The molecule has 0 aliphatic rings. The maximum absolute atomic E-state index is 10.1. The van der Waals surface area contributed by atoms with E-state index in [1.165, 1.54) is 0 Å². The van der Waals surface area contributed by atoms with Crippen LogP contribution in [-0.4, -0.2) is 20.1 Å². The summed E-state index contributed by atoms with van der Waals surface area (Å²) in [7, 11) is 0. The van der Waals surface area contributed by atoms with Gasteiger partial charge in [0.05, 0.1) is 11.1 Å². The fraction of sp³-hybridized carbons (Fsp3) is 0.0909. The van der Waals surface area contributed by atoms with Crippen molar-refractivity contribution in [2.24, 2.45) is 0 Å². The number of aromatic amines is 1. The average Bonchev–Trinajstić information content (AvgIpc) is 3.15. The van der Waals surface area contributed by atoms with Crippen molar-refractivity contribution in [2.75, 3.05) is 5.73 Å². The van der Waals surface area contributed by atoms with Crippen LogP contribution >= 0.6 is 0 Å². The molecule has 3 heterocycles. The van der Waals surface area contributed by atoms with E-state index in [9.17, 15) is 15.6 Å². The van der Waals surface area contributed by atoms with Crippen LogP contribution in [0.25, 0.3) is 33.4 Å². The SMILES string of the molecule is Cc1ccc(O)c(C)c1-c1cnc2[nH]c(-c3cnc(N)c(C#N)c3)cc2c1C#N. The summed E-state index contributed by atoms with van der Waals surface area (Å²) in [5, 5.41) is 29.9. The van der Waals surface area contributed by atoms with Gasteiger partial charge in [-0.2, -0.15) is 10.5 Å². The molecule has 0 bridgehead atoms. The Morgan fingerprint density at radius 1 is 1.07 bits per heavy atom. The van der Waals surface area contributed by atoms with Crippen LogP contribution in [-0.2, 0) is 0 Å². The number of H-pyrrole nitrogens is 1. The van der Waals surface area contributed by atoms with Gasteiger partial charge in [-0.3, -0.25) is 0 Å². The molecule has 0 amide bonds. The molecule has 0 aliphatic carbocycles. The van der Waals surface area contributed by atoms with Gasteiger partial charge in [-0.25, -0.2) is 9.97 Å². The number of anilines is 1. The van der Waals surface area contributed by atoms with Crippen molar-refractivity contribution < 1.29 is 5.11 Å². The van der Waals surface area contributed by atoms with E-state index >= 15 is 0 Å². The Balaban J connectivity index is 1.96. The molecule has 0 radical (unpaired) electrons. The fourth-order valence-electron chi connectivity index (χ4n) is 3.50. The number of pyridine rings is 2. The minimum absolute atomic E-state index is 0.167.